The number of nitrogens with one attached hydrogen (secondary N) is 1. The fourth-order valence-electron chi connectivity index (χ4n) is 2.47. The van der Waals surface area contributed by atoms with Crippen molar-refractivity contribution in [3.05, 3.63) is 89.8 Å². The third kappa shape index (κ3) is 3.35. The second kappa shape index (κ2) is 6.66. The van der Waals surface area contributed by atoms with Gasteiger partial charge in [-0.15, -0.1) is 0 Å². The Morgan fingerprint density at radius 2 is 1.71 bits per heavy atom. The van der Waals surface area contributed by atoms with Gasteiger partial charge in [-0.3, -0.25) is 4.79 Å². The highest BCUT2D eigenvalue weighted by atomic mass is 19.1. The summed E-state index contributed by atoms with van der Waals surface area (Å²) >= 11 is 0. The first-order valence-electron chi connectivity index (χ1n) is 7.54. The average Bonchev–Trinajstić information content (AvgIpc) is 3.09. The van der Waals surface area contributed by atoms with Crippen LogP contribution in [0.2, 0.25) is 0 Å². The summed E-state index contributed by atoms with van der Waals surface area (Å²) in [5.74, 6) is -2.16. The molecule has 0 saturated heterocycles. The maximum atomic E-state index is 13.7. The fourth-order valence-corrected chi connectivity index (χ4v) is 2.47. The van der Waals surface area contributed by atoms with Crippen LogP contribution in [0.3, 0.4) is 0 Å². The maximum Gasteiger partial charge on any atom is 0.254 e. The average molecular weight is 326 g/mol. The van der Waals surface area contributed by atoms with Crippen LogP contribution in [0.1, 0.15) is 28.9 Å². The van der Waals surface area contributed by atoms with Crippen LogP contribution in [0.15, 0.2) is 67.0 Å². The molecule has 1 amide bonds. The van der Waals surface area contributed by atoms with Crippen LogP contribution in [-0.2, 0) is 0 Å². The third-order valence-electron chi connectivity index (χ3n) is 3.82. The Labute approximate surface area is 138 Å². The number of halogens is 2. The Kier molecular flexibility index (Phi) is 4.42. The van der Waals surface area contributed by atoms with Gasteiger partial charge in [0.05, 0.1) is 11.6 Å². The lowest BCUT2D eigenvalue weighted by Crippen LogP contribution is -2.27. The van der Waals surface area contributed by atoms with Crippen LogP contribution >= 0.6 is 0 Å². The molecule has 2 aromatic carbocycles. The number of carbonyl (C=O) groups excluding carboxylic acids is 1. The number of aromatic nitrogens is 1. The number of carbonyl (C=O) groups is 1. The molecule has 1 N–H and O–H groups in total. The molecule has 0 aliphatic carbocycles. The van der Waals surface area contributed by atoms with Crippen molar-refractivity contribution in [2.24, 2.45) is 0 Å². The lowest BCUT2D eigenvalue weighted by molar-refractivity contribution is 0.0935. The van der Waals surface area contributed by atoms with Gasteiger partial charge in [-0.05, 0) is 48.9 Å². The van der Waals surface area contributed by atoms with Crippen LogP contribution in [0.4, 0.5) is 8.78 Å². The first-order chi connectivity index (χ1) is 11.5. The quantitative estimate of drug-likeness (QED) is 0.764. The Morgan fingerprint density at radius 3 is 2.33 bits per heavy atom. The number of hydrogen-bond acceptors (Lipinski definition) is 1. The predicted molar refractivity (Wildman–Crippen MR) is 88.0 cm³/mol. The minimum Gasteiger partial charge on any atom is -0.345 e. The van der Waals surface area contributed by atoms with Gasteiger partial charge in [0.1, 0.15) is 11.6 Å². The van der Waals surface area contributed by atoms with Crippen molar-refractivity contribution in [3.63, 3.8) is 0 Å². The van der Waals surface area contributed by atoms with Crippen molar-refractivity contribution in [1.82, 2.24) is 9.88 Å². The fraction of sp³-hybridized carbons (Fsp3) is 0.105. The lowest BCUT2D eigenvalue weighted by atomic mass is 10.1. The van der Waals surface area contributed by atoms with E-state index >= 15 is 0 Å². The van der Waals surface area contributed by atoms with Crippen molar-refractivity contribution in [2.75, 3.05) is 0 Å². The van der Waals surface area contributed by atoms with Crippen molar-refractivity contribution in [3.8, 4) is 5.69 Å². The third-order valence-corrected chi connectivity index (χ3v) is 3.82. The summed E-state index contributed by atoms with van der Waals surface area (Å²) in [5, 5.41) is 2.72. The van der Waals surface area contributed by atoms with E-state index in [1.54, 1.807) is 0 Å². The van der Waals surface area contributed by atoms with E-state index in [1.165, 1.54) is 0 Å². The normalized spacial score (nSPS) is 12.0. The molecule has 3 nitrogen and oxygen atoms in total. The number of hydrogen-bond donors (Lipinski definition) is 1. The SMILES string of the molecule is CC(NC(=O)c1ccc(F)cc1F)c1ccc(-n2cccc2)cc1. The van der Waals surface area contributed by atoms with Gasteiger partial charge in [-0.1, -0.05) is 12.1 Å². The molecular formula is C19H16F2N2O. The zero-order valence-electron chi connectivity index (χ0n) is 13.0. The monoisotopic (exact) mass is 326 g/mol. The Balaban J connectivity index is 1.72. The second-order valence-electron chi connectivity index (χ2n) is 5.50. The Morgan fingerprint density at radius 1 is 1.04 bits per heavy atom. The number of benzene rings is 2. The number of amides is 1. The summed E-state index contributed by atoms with van der Waals surface area (Å²) in [5.41, 5.74) is 1.72. The van der Waals surface area contributed by atoms with E-state index in [-0.39, 0.29) is 11.6 Å². The van der Waals surface area contributed by atoms with Crippen LogP contribution in [-0.4, -0.2) is 10.5 Å². The van der Waals surface area contributed by atoms with Crippen molar-refractivity contribution >= 4 is 5.91 Å². The molecule has 3 rings (SSSR count). The van der Waals surface area contributed by atoms with E-state index in [4.69, 9.17) is 0 Å². The second-order valence-corrected chi connectivity index (χ2v) is 5.50. The van der Waals surface area contributed by atoms with E-state index in [2.05, 4.69) is 5.32 Å². The zero-order valence-corrected chi connectivity index (χ0v) is 13.0. The zero-order chi connectivity index (χ0) is 17.1. The van der Waals surface area contributed by atoms with Gasteiger partial charge in [0.25, 0.3) is 5.91 Å². The first kappa shape index (κ1) is 15.9. The van der Waals surface area contributed by atoms with Gasteiger partial charge in [0.2, 0.25) is 0 Å². The van der Waals surface area contributed by atoms with Crippen LogP contribution in [0, 0.1) is 11.6 Å². The highest BCUT2D eigenvalue weighted by molar-refractivity contribution is 5.94. The summed E-state index contributed by atoms with van der Waals surface area (Å²) < 4.78 is 28.6. The molecule has 0 radical (unpaired) electrons. The highest BCUT2D eigenvalue weighted by Crippen LogP contribution is 2.17. The van der Waals surface area contributed by atoms with E-state index in [1.807, 2.05) is 60.3 Å². The Bertz CT molecular complexity index is 842. The van der Waals surface area contributed by atoms with E-state index in [0.29, 0.717) is 6.07 Å². The summed E-state index contributed by atoms with van der Waals surface area (Å²) in [6, 6.07) is 14.2. The molecule has 122 valence electrons. The molecule has 1 heterocycles. The molecule has 24 heavy (non-hydrogen) atoms. The van der Waals surface area contributed by atoms with Crippen LogP contribution < -0.4 is 5.32 Å². The van der Waals surface area contributed by atoms with Gasteiger partial charge in [0, 0.05) is 24.1 Å². The van der Waals surface area contributed by atoms with E-state index < -0.39 is 17.5 Å². The predicted octanol–water partition coefficient (Wildman–Crippen LogP) is 4.25. The van der Waals surface area contributed by atoms with Crippen molar-refractivity contribution in [2.45, 2.75) is 13.0 Å². The van der Waals surface area contributed by atoms with Gasteiger partial charge in [-0.25, -0.2) is 8.78 Å². The van der Waals surface area contributed by atoms with Gasteiger partial charge in [0.15, 0.2) is 0 Å². The van der Waals surface area contributed by atoms with Gasteiger partial charge < -0.3 is 9.88 Å². The molecule has 0 aliphatic heterocycles. The molecule has 0 fully saturated rings. The highest BCUT2D eigenvalue weighted by Gasteiger charge is 2.15. The van der Waals surface area contributed by atoms with Crippen LogP contribution in [0.5, 0.6) is 0 Å². The molecule has 0 spiro atoms. The van der Waals surface area contributed by atoms with Crippen molar-refractivity contribution in [1.29, 1.82) is 0 Å². The molecule has 3 aromatic rings. The number of nitrogens with zero attached hydrogens (tertiary/aromatic N) is 1. The summed E-state index contributed by atoms with van der Waals surface area (Å²) in [4.78, 5) is 12.1. The summed E-state index contributed by atoms with van der Waals surface area (Å²) in [7, 11) is 0. The lowest BCUT2D eigenvalue weighted by Gasteiger charge is -2.15. The molecule has 1 unspecified atom stereocenters. The number of rotatable bonds is 4. The largest absolute Gasteiger partial charge is 0.345 e. The van der Waals surface area contributed by atoms with E-state index in [9.17, 15) is 13.6 Å². The minimum absolute atomic E-state index is 0.174. The topological polar surface area (TPSA) is 34.0 Å². The standard InChI is InChI=1S/C19H16F2N2O/c1-13(22-19(24)17-9-6-15(20)12-18(17)21)14-4-7-16(8-5-14)23-10-2-3-11-23/h2-13H,1H3,(H,22,24). The maximum absolute atomic E-state index is 13.7. The first-order valence-corrected chi connectivity index (χ1v) is 7.54. The summed E-state index contributed by atoms with van der Waals surface area (Å²) in [6.07, 6.45) is 3.88. The minimum atomic E-state index is -0.873. The molecule has 5 heteroatoms. The van der Waals surface area contributed by atoms with Gasteiger partial charge in [-0.2, -0.15) is 0 Å². The molecule has 1 aromatic heterocycles. The van der Waals surface area contributed by atoms with E-state index in [0.717, 1.165) is 23.4 Å². The van der Waals surface area contributed by atoms with Gasteiger partial charge >= 0.3 is 0 Å². The summed E-state index contributed by atoms with van der Waals surface area (Å²) in [6.45, 7) is 1.81. The molecule has 0 saturated carbocycles. The molecule has 0 aliphatic rings. The van der Waals surface area contributed by atoms with Crippen molar-refractivity contribution < 1.29 is 13.6 Å². The molecule has 1 atom stereocenters. The Hall–Kier alpha value is -2.95. The molecule has 0 bridgehead atoms. The molecular weight excluding hydrogens is 310 g/mol. The smallest absolute Gasteiger partial charge is 0.254 e. The van der Waals surface area contributed by atoms with Crippen LogP contribution in [0.25, 0.3) is 5.69 Å².